The first kappa shape index (κ1) is 15.4. The van der Waals surface area contributed by atoms with Gasteiger partial charge >= 0.3 is 5.97 Å². The van der Waals surface area contributed by atoms with Crippen LogP contribution in [0.25, 0.3) is 0 Å². The summed E-state index contributed by atoms with van der Waals surface area (Å²) in [5, 5.41) is 8.73. The lowest BCUT2D eigenvalue weighted by Gasteiger charge is -2.40. The van der Waals surface area contributed by atoms with E-state index in [4.69, 9.17) is 9.84 Å². The maximum absolute atomic E-state index is 10.6. The highest BCUT2D eigenvalue weighted by molar-refractivity contribution is 5.66. The summed E-state index contributed by atoms with van der Waals surface area (Å²) in [5.41, 5.74) is -0.0113. The van der Waals surface area contributed by atoms with E-state index in [2.05, 4.69) is 32.6 Å². The summed E-state index contributed by atoms with van der Waals surface area (Å²) in [6.07, 6.45) is 1.11. The van der Waals surface area contributed by atoms with Gasteiger partial charge in [0.15, 0.2) is 0 Å². The summed E-state index contributed by atoms with van der Waals surface area (Å²) in [6.45, 7) is 9.74. The van der Waals surface area contributed by atoms with E-state index in [1.165, 1.54) is 0 Å². The first-order valence-electron chi connectivity index (χ1n) is 5.76. The summed E-state index contributed by atoms with van der Waals surface area (Å²) >= 11 is 0. The Balaban J connectivity index is 4.36. The van der Waals surface area contributed by atoms with Gasteiger partial charge in [0, 0.05) is 31.8 Å². The molecule has 0 heterocycles. The molecule has 0 bridgehead atoms. The van der Waals surface area contributed by atoms with Crippen LogP contribution in [0.2, 0.25) is 0 Å². The second-order valence-corrected chi connectivity index (χ2v) is 5.14. The Kier molecular flexibility index (Phi) is 6.60. The summed E-state index contributed by atoms with van der Waals surface area (Å²) in [4.78, 5) is 12.8. The van der Waals surface area contributed by atoms with E-state index >= 15 is 0 Å². The highest BCUT2D eigenvalue weighted by Gasteiger charge is 2.26. The van der Waals surface area contributed by atoms with Crippen molar-refractivity contribution in [3.8, 4) is 0 Å². The van der Waals surface area contributed by atoms with Crippen LogP contribution < -0.4 is 0 Å². The number of carboxylic acid groups (broad SMARTS) is 1. The van der Waals surface area contributed by atoms with Gasteiger partial charge < -0.3 is 9.84 Å². The molecule has 0 aromatic carbocycles. The molecular formula is C12H25NO3. The first-order valence-corrected chi connectivity index (χ1v) is 5.76. The van der Waals surface area contributed by atoms with Crippen molar-refractivity contribution in [3.05, 3.63) is 0 Å². The number of ether oxygens (including phenoxy) is 1. The minimum atomic E-state index is -0.742. The number of hydrogen-bond acceptors (Lipinski definition) is 3. The molecule has 0 rings (SSSR count). The van der Waals surface area contributed by atoms with Gasteiger partial charge in [0.05, 0.1) is 6.42 Å². The number of carbonyl (C=O) groups is 1. The average molecular weight is 231 g/mol. The molecule has 96 valence electrons. The van der Waals surface area contributed by atoms with Crippen LogP contribution in [-0.2, 0) is 9.53 Å². The zero-order valence-corrected chi connectivity index (χ0v) is 11.1. The predicted molar refractivity (Wildman–Crippen MR) is 64.7 cm³/mol. The Bertz CT molecular complexity index is 211. The second-order valence-electron chi connectivity index (χ2n) is 5.14. The number of hydrogen-bond donors (Lipinski definition) is 1. The van der Waals surface area contributed by atoms with Crippen molar-refractivity contribution >= 4 is 5.97 Å². The van der Waals surface area contributed by atoms with Crippen molar-refractivity contribution in [2.45, 2.75) is 52.1 Å². The normalized spacial score (nSPS) is 14.1. The topological polar surface area (TPSA) is 49.8 Å². The summed E-state index contributed by atoms with van der Waals surface area (Å²) in [6, 6.07) is 0.333. The molecule has 0 aromatic heterocycles. The van der Waals surface area contributed by atoms with E-state index in [-0.39, 0.29) is 12.0 Å². The van der Waals surface area contributed by atoms with Crippen LogP contribution in [0, 0.1) is 0 Å². The molecule has 16 heavy (non-hydrogen) atoms. The maximum atomic E-state index is 10.6. The average Bonchev–Trinajstić information content (AvgIpc) is 2.12. The molecule has 4 heteroatoms. The molecular weight excluding hydrogens is 206 g/mol. The fourth-order valence-corrected chi connectivity index (χ4v) is 1.88. The lowest BCUT2D eigenvalue weighted by molar-refractivity contribution is -0.137. The number of aliphatic carboxylic acids is 1. The summed E-state index contributed by atoms with van der Waals surface area (Å²) in [5.74, 6) is -0.742. The lowest BCUT2D eigenvalue weighted by atomic mass is 10.0. The predicted octanol–water partition coefficient (Wildman–Crippen LogP) is 1.99. The van der Waals surface area contributed by atoms with Crippen molar-refractivity contribution < 1.29 is 14.6 Å². The van der Waals surface area contributed by atoms with Crippen LogP contribution in [0.1, 0.15) is 40.5 Å². The number of nitrogens with zero attached hydrogens (tertiary/aromatic N) is 1. The number of methoxy groups -OCH3 is 1. The highest BCUT2D eigenvalue weighted by atomic mass is 16.5. The van der Waals surface area contributed by atoms with Crippen LogP contribution in [0.3, 0.4) is 0 Å². The number of carboxylic acids is 1. The van der Waals surface area contributed by atoms with Crippen molar-refractivity contribution in [1.82, 2.24) is 4.90 Å². The third-order valence-corrected chi connectivity index (χ3v) is 2.70. The second kappa shape index (κ2) is 6.86. The first-order chi connectivity index (χ1) is 7.29. The fourth-order valence-electron chi connectivity index (χ4n) is 1.88. The zero-order chi connectivity index (χ0) is 12.8. The van der Waals surface area contributed by atoms with E-state index in [1.54, 1.807) is 7.11 Å². The van der Waals surface area contributed by atoms with Gasteiger partial charge in [-0.25, -0.2) is 0 Å². The molecule has 0 spiro atoms. The Morgan fingerprint density at radius 3 is 2.38 bits per heavy atom. The summed E-state index contributed by atoms with van der Waals surface area (Å²) < 4.78 is 5.06. The minimum absolute atomic E-state index is 0.0113. The van der Waals surface area contributed by atoms with E-state index in [0.717, 1.165) is 6.42 Å². The standard InChI is InChI=1S/C12H25NO3/c1-10(7-9-16-5)13(12(2,3)4)8-6-11(14)15/h10H,6-9H2,1-5H3,(H,14,15). The van der Waals surface area contributed by atoms with Gasteiger partial charge in [0.2, 0.25) is 0 Å². The largest absolute Gasteiger partial charge is 0.481 e. The molecule has 0 aromatic rings. The van der Waals surface area contributed by atoms with Gasteiger partial charge in [-0.2, -0.15) is 0 Å². The highest BCUT2D eigenvalue weighted by Crippen LogP contribution is 2.19. The monoisotopic (exact) mass is 231 g/mol. The number of rotatable bonds is 7. The van der Waals surface area contributed by atoms with Crippen molar-refractivity contribution in [3.63, 3.8) is 0 Å². The van der Waals surface area contributed by atoms with Crippen LogP contribution >= 0.6 is 0 Å². The van der Waals surface area contributed by atoms with Crippen LogP contribution in [0.5, 0.6) is 0 Å². The summed E-state index contributed by atoms with van der Waals surface area (Å²) in [7, 11) is 1.69. The van der Waals surface area contributed by atoms with Gasteiger partial charge in [-0.1, -0.05) is 0 Å². The molecule has 0 aliphatic rings. The Morgan fingerprint density at radius 2 is 2.00 bits per heavy atom. The van der Waals surface area contributed by atoms with Crippen LogP contribution in [0.4, 0.5) is 0 Å². The van der Waals surface area contributed by atoms with Gasteiger partial charge in [0.1, 0.15) is 0 Å². The van der Waals surface area contributed by atoms with E-state index < -0.39 is 5.97 Å². The minimum Gasteiger partial charge on any atom is -0.481 e. The Hall–Kier alpha value is -0.610. The molecule has 1 atom stereocenters. The molecule has 0 aliphatic heterocycles. The third-order valence-electron chi connectivity index (χ3n) is 2.70. The molecule has 1 unspecified atom stereocenters. The molecule has 0 saturated carbocycles. The Morgan fingerprint density at radius 1 is 1.44 bits per heavy atom. The maximum Gasteiger partial charge on any atom is 0.304 e. The van der Waals surface area contributed by atoms with Gasteiger partial charge in [-0.05, 0) is 34.1 Å². The van der Waals surface area contributed by atoms with Gasteiger partial charge in [0.25, 0.3) is 0 Å². The fraction of sp³-hybridized carbons (Fsp3) is 0.917. The van der Waals surface area contributed by atoms with E-state index in [0.29, 0.717) is 19.2 Å². The molecule has 4 nitrogen and oxygen atoms in total. The Labute approximate surface area is 98.6 Å². The van der Waals surface area contributed by atoms with Gasteiger partial charge in [-0.15, -0.1) is 0 Å². The van der Waals surface area contributed by atoms with Crippen molar-refractivity contribution in [2.24, 2.45) is 0 Å². The molecule has 0 amide bonds. The quantitative estimate of drug-likeness (QED) is 0.728. The SMILES string of the molecule is COCCC(C)N(CCC(=O)O)C(C)(C)C. The van der Waals surface area contributed by atoms with Crippen LogP contribution in [0.15, 0.2) is 0 Å². The smallest absolute Gasteiger partial charge is 0.304 e. The van der Waals surface area contributed by atoms with Crippen molar-refractivity contribution in [2.75, 3.05) is 20.3 Å². The van der Waals surface area contributed by atoms with E-state index in [9.17, 15) is 4.79 Å². The van der Waals surface area contributed by atoms with Crippen LogP contribution in [-0.4, -0.2) is 47.8 Å². The molecule has 0 fully saturated rings. The van der Waals surface area contributed by atoms with Crippen molar-refractivity contribution in [1.29, 1.82) is 0 Å². The lowest BCUT2D eigenvalue weighted by Crippen LogP contribution is -2.48. The zero-order valence-electron chi connectivity index (χ0n) is 11.1. The molecule has 0 radical (unpaired) electrons. The molecule has 0 aliphatic carbocycles. The molecule has 1 N–H and O–H groups in total. The molecule has 0 saturated heterocycles. The van der Waals surface area contributed by atoms with E-state index in [1.807, 2.05) is 0 Å². The third kappa shape index (κ3) is 6.08. The van der Waals surface area contributed by atoms with Gasteiger partial charge in [-0.3, -0.25) is 9.69 Å².